The molecular weight excluding hydrogens is 136 g/mol. The average Bonchev–Trinajstić information content (AvgIpc) is 1.85. The minimum absolute atomic E-state index is 0.395. The fourth-order valence-corrected chi connectivity index (χ4v) is 2.20. The van der Waals surface area contributed by atoms with E-state index in [-0.39, 0.29) is 0 Å². The van der Waals surface area contributed by atoms with Gasteiger partial charge in [-0.05, 0) is 24.2 Å². The van der Waals surface area contributed by atoms with Gasteiger partial charge in [-0.15, -0.1) is 0 Å². The molecule has 0 radical (unpaired) electrons. The molecule has 1 atom stereocenters. The second-order valence-corrected chi connectivity index (χ2v) is 4.63. The number of hydrogen-bond acceptors (Lipinski definition) is 1. The van der Waals surface area contributed by atoms with Crippen LogP contribution in [0.5, 0.6) is 0 Å². The van der Waals surface area contributed by atoms with Gasteiger partial charge in [0.15, 0.2) is 0 Å². The summed E-state index contributed by atoms with van der Waals surface area (Å²) in [6, 6.07) is 0. The maximum atomic E-state index is 5.75. The van der Waals surface area contributed by atoms with E-state index in [2.05, 4.69) is 27.7 Å². The first-order valence-corrected chi connectivity index (χ1v) is 4.65. The summed E-state index contributed by atoms with van der Waals surface area (Å²) in [6.45, 7) is 10.1. The third-order valence-electron chi connectivity index (χ3n) is 2.64. The van der Waals surface area contributed by atoms with Crippen LogP contribution in [0, 0.1) is 11.3 Å². The molecule has 0 unspecified atom stereocenters. The summed E-state index contributed by atoms with van der Waals surface area (Å²) in [5.74, 6) is 0.658. The molecule has 0 bridgehead atoms. The van der Waals surface area contributed by atoms with Crippen molar-refractivity contribution in [3.63, 3.8) is 0 Å². The van der Waals surface area contributed by atoms with Crippen molar-refractivity contribution in [2.75, 3.05) is 6.61 Å². The van der Waals surface area contributed by atoms with Crippen LogP contribution < -0.4 is 0 Å². The maximum absolute atomic E-state index is 5.75. The monoisotopic (exact) mass is 156 g/mol. The Kier molecular flexibility index (Phi) is 2.58. The van der Waals surface area contributed by atoms with E-state index < -0.39 is 0 Å². The molecule has 1 aliphatic heterocycles. The van der Waals surface area contributed by atoms with Crippen molar-refractivity contribution in [1.82, 2.24) is 0 Å². The summed E-state index contributed by atoms with van der Waals surface area (Å²) in [4.78, 5) is 0. The van der Waals surface area contributed by atoms with Crippen LogP contribution in [0.2, 0.25) is 0 Å². The smallest absolute Gasteiger partial charge is 0.0648 e. The first kappa shape index (κ1) is 9.05. The Bertz CT molecular complexity index is 127. The van der Waals surface area contributed by atoms with Crippen molar-refractivity contribution < 1.29 is 4.74 Å². The van der Waals surface area contributed by atoms with Crippen LogP contribution in [0.4, 0.5) is 0 Å². The van der Waals surface area contributed by atoms with Crippen molar-refractivity contribution in [2.24, 2.45) is 11.3 Å². The third kappa shape index (κ3) is 1.96. The van der Waals surface area contributed by atoms with Gasteiger partial charge >= 0.3 is 0 Å². The average molecular weight is 156 g/mol. The van der Waals surface area contributed by atoms with E-state index in [9.17, 15) is 0 Å². The zero-order valence-electron chi connectivity index (χ0n) is 8.18. The van der Waals surface area contributed by atoms with Gasteiger partial charge in [-0.2, -0.15) is 0 Å². The Labute approximate surface area is 70.1 Å². The van der Waals surface area contributed by atoms with Crippen molar-refractivity contribution in [1.29, 1.82) is 0 Å². The molecule has 1 fully saturated rings. The molecule has 0 N–H and O–H groups in total. The molecule has 0 aromatic carbocycles. The van der Waals surface area contributed by atoms with E-state index in [1.165, 1.54) is 12.8 Å². The fraction of sp³-hybridized carbons (Fsp3) is 1.00. The van der Waals surface area contributed by atoms with Crippen molar-refractivity contribution >= 4 is 0 Å². The fourth-order valence-electron chi connectivity index (χ4n) is 2.20. The van der Waals surface area contributed by atoms with Crippen LogP contribution in [0.15, 0.2) is 0 Å². The van der Waals surface area contributed by atoms with Crippen molar-refractivity contribution in [3.05, 3.63) is 0 Å². The molecule has 1 saturated heterocycles. The van der Waals surface area contributed by atoms with E-state index >= 15 is 0 Å². The molecule has 1 aliphatic rings. The van der Waals surface area contributed by atoms with Crippen LogP contribution in [-0.2, 0) is 4.74 Å². The Hall–Kier alpha value is -0.0400. The lowest BCUT2D eigenvalue weighted by molar-refractivity contribution is -0.0912. The Morgan fingerprint density at radius 2 is 2.00 bits per heavy atom. The highest BCUT2D eigenvalue weighted by Crippen LogP contribution is 2.36. The molecule has 1 heterocycles. The standard InChI is InChI=1S/C10H20O/c1-8(2)9-10(3,4)6-5-7-11-9/h8-9H,5-7H2,1-4H3/t9-/m1/s1. The second-order valence-electron chi connectivity index (χ2n) is 4.63. The first-order chi connectivity index (χ1) is 5.04. The van der Waals surface area contributed by atoms with E-state index in [0.717, 1.165) is 6.61 Å². The maximum Gasteiger partial charge on any atom is 0.0648 e. The molecule has 0 saturated carbocycles. The van der Waals surface area contributed by atoms with Gasteiger partial charge in [0.2, 0.25) is 0 Å². The predicted molar refractivity (Wildman–Crippen MR) is 47.6 cm³/mol. The normalized spacial score (nSPS) is 30.8. The lowest BCUT2D eigenvalue weighted by atomic mass is 9.76. The molecule has 1 rings (SSSR count). The van der Waals surface area contributed by atoms with Crippen LogP contribution in [0.3, 0.4) is 0 Å². The van der Waals surface area contributed by atoms with Gasteiger partial charge in [-0.3, -0.25) is 0 Å². The first-order valence-electron chi connectivity index (χ1n) is 4.65. The lowest BCUT2D eigenvalue weighted by Gasteiger charge is -2.40. The summed E-state index contributed by atoms with van der Waals surface area (Å²) in [7, 11) is 0. The summed E-state index contributed by atoms with van der Waals surface area (Å²) in [5.41, 5.74) is 0.395. The Balaban J connectivity index is 2.60. The SMILES string of the molecule is CC(C)[C@H]1OCCCC1(C)C. The van der Waals surface area contributed by atoms with Gasteiger partial charge in [-0.1, -0.05) is 27.7 Å². The van der Waals surface area contributed by atoms with E-state index in [0.29, 0.717) is 17.4 Å². The highest BCUT2D eigenvalue weighted by molar-refractivity contribution is 4.84. The molecule has 11 heavy (non-hydrogen) atoms. The molecule has 0 aromatic heterocycles. The van der Waals surface area contributed by atoms with Gasteiger partial charge in [-0.25, -0.2) is 0 Å². The molecule has 1 heteroatoms. The van der Waals surface area contributed by atoms with E-state index in [1.807, 2.05) is 0 Å². The molecule has 0 amide bonds. The summed E-state index contributed by atoms with van der Waals surface area (Å²) < 4.78 is 5.75. The number of rotatable bonds is 1. The Morgan fingerprint density at radius 3 is 2.36 bits per heavy atom. The van der Waals surface area contributed by atoms with E-state index in [4.69, 9.17) is 4.74 Å². The van der Waals surface area contributed by atoms with Gasteiger partial charge < -0.3 is 4.74 Å². The Morgan fingerprint density at radius 1 is 1.36 bits per heavy atom. The highest BCUT2D eigenvalue weighted by Gasteiger charge is 2.34. The van der Waals surface area contributed by atoms with Gasteiger partial charge in [0.25, 0.3) is 0 Å². The number of hydrogen-bond donors (Lipinski definition) is 0. The third-order valence-corrected chi connectivity index (χ3v) is 2.64. The molecule has 1 nitrogen and oxygen atoms in total. The van der Waals surface area contributed by atoms with Crippen molar-refractivity contribution in [3.8, 4) is 0 Å². The quantitative estimate of drug-likeness (QED) is 0.567. The topological polar surface area (TPSA) is 9.23 Å². The van der Waals surface area contributed by atoms with Gasteiger partial charge in [0, 0.05) is 6.61 Å². The summed E-state index contributed by atoms with van der Waals surface area (Å²) >= 11 is 0. The van der Waals surface area contributed by atoms with E-state index in [1.54, 1.807) is 0 Å². The largest absolute Gasteiger partial charge is 0.377 e. The zero-order valence-corrected chi connectivity index (χ0v) is 8.18. The molecule has 0 spiro atoms. The summed E-state index contributed by atoms with van der Waals surface area (Å²) in [6.07, 6.45) is 3.02. The molecular formula is C10H20O. The van der Waals surface area contributed by atoms with Crippen LogP contribution >= 0.6 is 0 Å². The second kappa shape index (κ2) is 3.14. The molecule has 0 aromatic rings. The van der Waals surface area contributed by atoms with Crippen LogP contribution in [0.25, 0.3) is 0 Å². The minimum Gasteiger partial charge on any atom is -0.377 e. The molecule has 66 valence electrons. The zero-order chi connectivity index (χ0) is 8.48. The minimum atomic E-state index is 0.395. The van der Waals surface area contributed by atoms with Crippen LogP contribution in [0.1, 0.15) is 40.5 Å². The highest BCUT2D eigenvalue weighted by atomic mass is 16.5. The molecule has 0 aliphatic carbocycles. The lowest BCUT2D eigenvalue weighted by Crippen LogP contribution is -2.40. The van der Waals surface area contributed by atoms with Gasteiger partial charge in [0.1, 0.15) is 0 Å². The van der Waals surface area contributed by atoms with Gasteiger partial charge in [0.05, 0.1) is 6.10 Å². The van der Waals surface area contributed by atoms with Crippen molar-refractivity contribution in [2.45, 2.75) is 46.6 Å². The predicted octanol–water partition coefficient (Wildman–Crippen LogP) is 2.85. The number of ether oxygens (including phenoxy) is 1. The summed E-state index contributed by atoms with van der Waals surface area (Å²) in [5, 5.41) is 0. The van der Waals surface area contributed by atoms with Crippen LogP contribution in [-0.4, -0.2) is 12.7 Å².